The molecule has 0 aliphatic carbocycles. The zero-order valence-corrected chi connectivity index (χ0v) is 41.2. The average Bonchev–Trinajstić information content (AvgIpc) is 3.63. The van der Waals surface area contributed by atoms with Gasteiger partial charge < -0.3 is 47.7 Å². The Labute approximate surface area is 425 Å². The summed E-state index contributed by atoms with van der Waals surface area (Å²) in [7, 11) is 0. The summed E-state index contributed by atoms with van der Waals surface area (Å²) in [6.45, 7) is 6.19. The van der Waals surface area contributed by atoms with Gasteiger partial charge in [-0.2, -0.15) is 0 Å². The van der Waals surface area contributed by atoms with Crippen molar-refractivity contribution in [2.45, 2.75) is 115 Å². The van der Waals surface area contributed by atoms with Crippen molar-refractivity contribution >= 4 is 41.7 Å². The molecule has 0 unspecified atom stereocenters. The third kappa shape index (κ3) is 13.0. The summed E-state index contributed by atoms with van der Waals surface area (Å²) in [4.78, 5) is 101. The van der Waals surface area contributed by atoms with E-state index in [0.717, 1.165) is 35.4 Å². The van der Waals surface area contributed by atoms with E-state index in [2.05, 4.69) is 10.0 Å². The highest BCUT2D eigenvalue weighted by Crippen LogP contribution is 2.39. The Morgan fingerprint density at radius 3 is 1.58 bits per heavy atom. The molecule has 74 heavy (non-hydrogen) atoms. The smallest absolute Gasteiger partial charge is 0.338 e. The highest BCUT2D eigenvalue weighted by Gasteiger charge is 2.60. The molecule has 0 bridgehead atoms. The fourth-order valence-electron chi connectivity index (χ4n) is 8.64. The third-order valence-electron chi connectivity index (χ3n) is 12.4. The number of imide groups is 1. The predicted octanol–water partition coefficient (Wildman–Crippen LogP) is 6.07. The first-order valence-corrected chi connectivity index (χ1v) is 23.9. The summed E-state index contributed by atoms with van der Waals surface area (Å²) in [5.74, 6) is -6.28. The van der Waals surface area contributed by atoms with Crippen LogP contribution in [0.2, 0.25) is 0 Å². The molecule has 4 aromatic rings. The van der Waals surface area contributed by atoms with Gasteiger partial charge in [-0.25, -0.2) is 14.4 Å². The van der Waals surface area contributed by atoms with Crippen molar-refractivity contribution < 1.29 is 81.3 Å². The van der Waals surface area contributed by atoms with Crippen molar-refractivity contribution in [2.24, 2.45) is 5.11 Å². The van der Waals surface area contributed by atoms with Gasteiger partial charge in [0, 0.05) is 31.9 Å². The van der Waals surface area contributed by atoms with Gasteiger partial charge in [0.15, 0.2) is 37.0 Å². The molecule has 7 rings (SSSR count). The lowest BCUT2D eigenvalue weighted by atomic mass is 9.93. The molecule has 2 saturated heterocycles. The number of carbonyl (C=O) groups excluding carboxylic acids is 7. The van der Waals surface area contributed by atoms with Gasteiger partial charge in [0.25, 0.3) is 11.8 Å². The van der Waals surface area contributed by atoms with Gasteiger partial charge in [-0.1, -0.05) is 76.8 Å². The number of azide groups is 1. The van der Waals surface area contributed by atoms with Gasteiger partial charge in [0.2, 0.25) is 0 Å². The molecule has 3 heterocycles. The van der Waals surface area contributed by atoms with Crippen LogP contribution in [-0.4, -0.2) is 139 Å². The van der Waals surface area contributed by atoms with Crippen LogP contribution < -0.4 is 0 Å². The number of hydrogen-bond acceptors (Lipinski definition) is 18. The van der Waals surface area contributed by atoms with Crippen molar-refractivity contribution in [1.82, 2.24) is 4.90 Å². The summed E-state index contributed by atoms with van der Waals surface area (Å²) in [6.07, 6.45) is -14.5. The summed E-state index contributed by atoms with van der Waals surface area (Å²) in [6, 6.07) is 23.1. The molecule has 10 atom stereocenters. The fourth-order valence-corrected chi connectivity index (χ4v) is 8.64. The number of carbonyl (C=O) groups is 7. The van der Waals surface area contributed by atoms with Crippen LogP contribution in [0.1, 0.15) is 102 Å². The minimum absolute atomic E-state index is 0.000368. The molecule has 2 fully saturated rings. The van der Waals surface area contributed by atoms with Crippen LogP contribution in [-0.2, 0) is 52.2 Å². The molecule has 0 spiro atoms. The average molecular weight is 1020 g/mol. The number of ether oxygens (including phenoxy) is 9. The lowest BCUT2D eigenvalue weighted by Gasteiger charge is -2.50. The Bertz CT molecular complexity index is 2690. The third-order valence-corrected chi connectivity index (χ3v) is 12.4. The van der Waals surface area contributed by atoms with E-state index in [1.54, 1.807) is 62.4 Å². The monoisotopic (exact) mass is 1020 g/mol. The van der Waals surface area contributed by atoms with Crippen LogP contribution in [0.5, 0.6) is 0 Å². The number of unbranched alkanes of at least 4 members (excludes halogenated alkanes) is 2. The number of aliphatic hydroxyl groups excluding tert-OH is 1. The van der Waals surface area contributed by atoms with Crippen LogP contribution in [0.3, 0.4) is 0 Å². The van der Waals surface area contributed by atoms with Crippen molar-refractivity contribution in [2.75, 3.05) is 26.4 Å². The molecular weight excluding hydrogens is 965 g/mol. The lowest BCUT2D eigenvalue weighted by Crippen LogP contribution is -2.70. The molecule has 1 N–H and O–H groups in total. The van der Waals surface area contributed by atoms with Gasteiger partial charge in [-0.3, -0.25) is 24.1 Å². The second-order valence-corrected chi connectivity index (χ2v) is 17.9. The van der Waals surface area contributed by atoms with Gasteiger partial charge in [-0.05, 0) is 87.7 Å². The Morgan fingerprint density at radius 2 is 1.09 bits per heavy atom. The second-order valence-electron chi connectivity index (χ2n) is 17.9. The second kappa shape index (κ2) is 24.9. The topological polar surface area (TPSA) is 275 Å². The first-order chi connectivity index (χ1) is 35.6. The zero-order chi connectivity index (χ0) is 53.1. The minimum Gasteiger partial charge on any atom is -0.463 e. The van der Waals surface area contributed by atoms with Crippen molar-refractivity contribution in [3.8, 4) is 0 Å². The number of amides is 2. The summed E-state index contributed by atoms with van der Waals surface area (Å²) >= 11 is 0. The molecule has 0 aromatic heterocycles. The normalized spacial score (nSPS) is 24.2. The standard InChI is InChI=1S/C53H56N4O17/c1-29-13-19-34(20-14-29)49(63)71-42-39(27-58)69-53(46(73-51(65)36-23-17-31(3)18-24-36)45(42)72-50(64)35-21-15-30(2)16-22-35)74-44-41(57-47(61)37-11-7-8-12-38(37)48(57)62)52(66-26-10-6-9-25-55-56-54)70-40(28-67-32(4)59)43(44)68-33(5)60/h7-8,11-24,39-46,52-53,58H,6,9-10,25-28H2,1-5H3/t39-,40-,41-,42-,43+,44-,45+,46-,52-,53+/m1/s1. The lowest BCUT2D eigenvalue weighted by molar-refractivity contribution is -0.348. The maximum absolute atomic E-state index is 14.6. The van der Waals surface area contributed by atoms with E-state index >= 15 is 0 Å². The zero-order valence-electron chi connectivity index (χ0n) is 41.2. The number of esters is 5. The minimum atomic E-state index is -2.03. The van der Waals surface area contributed by atoms with E-state index in [-0.39, 0.29) is 41.0 Å². The number of fused-ring (bicyclic) bond motifs is 1. The number of benzene rings is 4. The van der Waals surface area contributed by atoms with Crippen molar-refractivity contribution in [3.05, 3.63) is 152 Å². The quantitative estimate of drug-likeness (QED) is 0.0200. The SMILES string of the molecule is CC(=O)OC[C@H]1O[C@@H](OCCCCCN=[N+]=[N-])[C@H](N2C(=O)c3ccccc3C2=O)[C@@H](O[C@@H]2O[C@H](CO)[C@@H](OC(=O)c3ccc(C)cc3)[C@H](OC(=O)c3ccc(C)cc3)[C@H]2OC(=O)c2ccc(C)cc2)[C@H]1OC(C)=O. The highest BCUT2D eigenvalue weighted by molar-refractivity contribution is 6.21. The van der Waals surface area contributed by atoms with Crippen LogP contribution >= 0.6 is 0 Å². The van der Waals surface area contributed by atoms with E-state index in [4.69, 9.17) is 48.2 Å². The van der Waals surface area contributed by atoms with E-state index in [1.807, 2.05) is 6.92 Å². The van der Waals surface area contributed by atoms with E-state index in [1.165, 1.54) is 48.5 Å². The Morgan fingerprint density at radius 1 is 0.608 bits per heavy atom. The fraction of sp³-hybridized carbons (Fsp3) is 0.415. The molecule has 0 radical (unpaired) electrons. The largest absolute Gasteiger partial charge is 0.463 e. The van der Waals surface area contributed by atoms with Crippen LogP contribution in [0.15, 0.2) is 102 Å². The summed E-state index contributed by atoms with van der Waals surface area (Å²) in [5.41, 5.74) is 11.3. The van der Waals surface area contributed by atoms with Crippen LogP contribution in [0.4, 0.5) is 0 Å². The number of aliphatic hydroxyl groups is 1. The Kier molecular flexibility index (Phi) is 18.3. The maximum Gasteiger partial charge on any atom is 0.338 e. The maximum atomic E-state index is 14.6. The van der Waals surface area contributed by atoms with Crippen LogP contribution in [0.25, 0.3) is 10.4 Å². The van der Waals surface area contributed by atoms with Gasteiger partial charge in [0.1, 0.15) is 31.0 Å². The van der Waals surface area contributed by atoms with Gasteiger partial charge in [0.05, 0.1) is 34.4 Å². The first-order valence-electron chi connectivity index (χ1n) is 23.9. The van der Waals surface area contributed by atoms with Crippen molar-refractivity contribution in [1.29, 1.82) is 0 Å². The Hall–Kier alpha value is -7.52. The summed E-state index contributed by atoms with van der Waals surface area (Å²) in [5, 5.41) is 14.7. The van der Waals surface area contributed by atoms with E-state index in [9.17, 15) is 38.7 Å². The van der Waals surface area contributed by atoms with E-state index < -0.39 is 116 Å². The number of rotatable bonds is 20. The number of aryl methyl sites for hydroxylation is 3. The molecule has 4 aromatic carbocycles. The Balaban J connectivity index is 1.38. The molecular formula is C53H56N4O17. The number of nitrogens with zero attached hydrogens (tertiary/aromatic N) is 4. The first kappa shape index (κ1) is 54.3. The summed E-state index contributed by atoms with van der Waals surface area (Å²) < 4.78 is 55.9. The molecule has 21 nitrogen and oxygen atoms in total. The van der Waals surface area contributed by atoms with Crippen LogP contribution in [0, 0.1) is 20.8 Å². The molecule has 2 amide bonds. The van der Waals surface area contributed by atoms with Gasteiger partial charge >= 0.3 is 29.8 Å². The molecule has 3 aliphatic rings. The highest BCUT2D eigenvalue weighted by atomic mass is 16.8. The van der Waals surface area contributed by atoms with E-state index in [0.29, 0.717) is 19.3 Å². The predicted molar refractivity (Wildman–Crippen MR) is 257 cm³/mol. The molecule has 3 aliphatic heterocycles. The van der Waals surface area contributed by atoms with Gasteiger partial charge in [-0.15, -0.1) is 0 Å². The molecule has 21 heteroatoms. The van der Waals surface area contributed by atoms with Crippen molar-refractivity contribution in [3.63, 3.8) is 0 Å². The number of hydrogen-bond donors (Lipinski definition) is 1. The molecule has 390 valence electrons. The molecule has 0 saturated carbocycles.